The number of hydrogen-bond donors (Lipinski definition) is 3. The van der Waals surface area contributed by atoms with Crippen LogP contribution in [0.25, 0.3) is 0 Å². The maximum atomic E-state index is 10.8. The highest BCUT2D eigenvalue weighted by Crippen LogP contribution is 2.21. The Kier molecular flexibility index (Phi) is 3.50. The second kappa shape index (κ2) is 4.43. The fraction of sp³-hybridized carbons (Fsp3) is 0.875. The number of nitrogens with zero attached hydrogens (tertiary/aromatic N) is 1. The number of hydroxylamine groups is 1. The highest BCUT2D eigenvalue weighted by molar-refractivity contribution is 5.65. The maximum absolute atomic E-state index is 10.8. The summed E-state index contributed by atoms with van der Waals surface area (Å²) in [6.45, 7) is 2.99. The number of likely N-dealkylation sites (tertiary alicyclic amines) is 1. The van der Waals surface area contributed by atoms with Crippen molar-refractivity contribution >= 4 is 6.09 Å². The number of rotatable bonds is 2. The van der Waals surface area contributed by atoms with Crippen molar-refractivity contribution in [1.82, 2.24) is 10.4 Å². The summed E-state index contributed by atoms with van der Waals surface area (Å²) in [5, 5.41) is 17.4. The van der Waals surface area contributed by atoms with Gasteiger partial charge in [0, 0.05) is 13.1 Å². The lowest BCUT2D eigenvalue weighted by atomic mass is 9.93. The van der Waals surface area contributed by atoms with Gasteiger partial charge in [-0.05, 0) is 18.8 Å². The maximum Gasteiger partial charge on any atom is 0.407 e. The minimum atomic E-state index is -0.896. The summed E-state index contributed by atoms with van der Waals surface area (Å²) < 4.78 is 0. The molecule has 1 saturated heterocycles. The standard InChI is InChI=1S/C8H16N2O3/c1-6-2-3-10(8(11)12)7(4-6)5-9-13/h6-7,9,13H,2-5H2,1H3,(H,11,12)/t6-,7-/m1/s1. The van der Waals surface area contributed by atoms with Gasteiger partial charge in [-0.3, -0.25) is 0 Å². The van der Waals surface area contributed by atoms with Gasteiger partial charge in [0.2, 0.25) is 0 Å². The normalized spacial score (nSPS) is 28.9. The van der Waals surface area contributed by atoms with Crippen molar-refractivity contribution in [2.24, 2.45) is 5.92 Å². The Morgan fingerprint density at radius 2 is 2.38 bits per heavy atom. The molecule has 1 rings (SSSR count). The first kappa shape index (κ1) is 10.3. The molecule has 13 heavy (non-hydrogen) atoms. The van der Waals surface area contributed by atoms with Gasteiger partial charge < -0.3 is 15.2 Å². The van der Waals surface area contributed by atoms with Gasteiger partial charge in [-0.2, -0.15) is 0 Å². The van der Waals surface area contributed by atoms with E-state index in [-0.39, 0.29) is 6.04 Å². The molecule has 1 aliphatic rings. The Bertz CT molecular complexity index is 186. The van der Waals surface area contributed by atoms with Crippen LogP contribution in [0.1, 0.15) is 19.8 Å². The van der Waals surface area contributed by atoms with Gasteiger partial charge >= 0.3 is 6.09 Å². The van der Waals surface area contributed by atoms with Gasteiger partial charge in [-0.1, -0.05) is 6.92 Å². The molecule has 1 amide bonds. The molecule has 76 valence electrons. The number of carboxylic acid groups (broad SMARTS) is 1. The summed E-state index contributed by atoms with van der Waals surface area (Å²) in [4.78, 5) is 12.2. The van der Waals surface area contributed by atoms with Crippen molar-refractivity contribution in [1.29, 1.82) is 0 Å². The molecule has 0 saturated carbocycles. The molecule has 2 atom stereocenters. The van der Waals surface area contributed by atoms with Crippen LogP contribution in [0.15, 0.2) is 0 Å². The van der Waals surface area contributed by atoms with Crippen LogP contribution in [-0.2, 0) is 0 Å². The minimum absolute atomic E-state index is 0.0914. The first-order valence-corrected chi connectivity index (χ1v) is 4.51. The van der Waals surface area contributed by atoms with E-state index in [0.717, 1.165) is 12.8 Å². The van der Waals surface area contributed by atoms with Crippen molar-refractivity contribution in [3.8, 4) is 0 Å². The van der Waals surface area contributed by atoms with Crippen molar-refractivity contribution in [3.05, 3.63) is 0 Å². The summed E-state index contributed by atoms with van der Waals surface area (Å²) >= 11 is 0. The van der Waals surface area contributed by atoms with Gasteiger partial charge in [-0.25, -0.2) is 10.3 Å². The van der Waals surface area contributed by atoms with Crippen LogP contribution in [0.4, 0.5) is 4.79 Å². The number of amides is 1. The van der Waals surface area contributed by atoms with Crippen LogP contribution in [0, 0.1) is 5.92 Å². The summed E-state index contributed by atoms with van der Waals surface area (Å²) in [6.07, 6.45) is 0.834. The van der Waals surface area contributed by atoms with Gasteiger partial charge in [0.1, 0.15) is 0 Å². The van der Waals surface area contributed by atoms with E-state index >= 15 is 0 Å². The van der Waals surface area contributed by atoms with E-state index in [0.29, 0.717) is 19.0 Å². The second-order valence-corrected chi connectivity index (χ2v) is 3.62. The lowest BCUT2D eigenvalue weighted by molar-refractivity contribution is 0.0673. The molecule has 0 radical (unpaired) electrons. The fourth-order valence-electron chi connectivity index (χ4n) is 1.80. The molecule has 0 unspecified atom stereocenters. The molecule has 0 aromatic heterocycles. The van der Waals surface area contributed by atoms with Gasteiger partial charge in [0.25, 0.3) is 0 Å². The van der Waals surface area contributed by atoms with Crippen LogP contribution < -0.4 is 5.48 Å². The molecule has 0 aliphatic carbocycles. The molecule has 1 fully saturated rings. The monoisotopic (exact) mass is 188 g/mol. The van der Waals surface area contributed by atoms with Crippen LogP contribution in [-0.4, -0.2) is 40.4 Å². The zero-order valence-electron chi connectivity index (χ0n) is 7.73. The highest BCUT2D eigenvalue weighted by atomic mass is 16.5. The summed E-state index contributed by atoms with van der Waals surface area (Å²) in [5.41, 5.74) is 2.04. The lowest BCUT2D eigenvalue weighted by Crippen LogP contribution is -2.49. The van der Waals surface area contributed by atoms with E-state index in [1.807, 2.05) is 5.48 Å². The molecule has 0 aromatic rings. The summed E-state index contributed by atoms with van der Waals surface area (Å²) in [6, 6.07) is -0.0914. The average molecular weight is 188 g/mol. The molecule has 1 aliphatic heterocycles. The smallest absolute Gasteiger partial charge is 0.407 e. The first-order valence-electron chi connectivity index (χ1n) is 4.51. The molecule has 0 aromatic carbocycles. The lowest BCUT2D eigenvalue weighted by Gasteiger charge is -2.36. The van der Waals surface area contributed by atoms with E-state index in [1.165, 1.54) is 4.90 Å². The Balaban J connectivity index is 2.55. The Labute approximate surface area is 77.3 Å². The zero-order chi connectivity index (χ0) is 9.84. The second-order valence-electron chi connectivity index (χ2n) is 3.62. The molecular formula is C8H16N2O3. The number of nitrogens with one attached hydrogen (secondary N) is 1. The Morgan fingerprint density at radius 1 is 1.69 bits per heavy atom. The largest absolute Gasteiger partial charge is 0.465 e. The SMILES string of the molecule is C[C@@H]1CCN(C(=O)O)[C@@H](CNO)C1. The predicted molar refractivity (Wildman–Crippen MR) is 46.7 cm³/mol. The van der Waals surface area contributed by atoms with E-state index in [4.69, 9.17) is 10.3 Å². The quantitative estimate of drug-likeness (QED) is 0.559. The highest BCUT2D eigenvalue weighted by Gasteiger charge is 2.29. The van der Waals surface area contributed by atoms with Crippen molar-refractivity contribution in [2.75, 3.05) is 13.1 Å². The molecule has 3 N–H and O–H groups in total. The third-order valence-corrected chi connectivity index (χ3v) is 2.55. The van der Waals surface area contributed by atoms with Crippen LogP contribution in [0.3, 0.4) is 0 Å². The third kappa shape index (κ3) is 2.57. The van der Waals surface area contributed by atoms with Crippen LogP contribution in [0.2, 0.25) is 0 Å². The number of piperidine rings is 1. The summed E-state index contributed by atoms with van der Waals surface area (Å²) in [7, 11) is 0. The fourth-order valence-corrected chi connectivity index (χ4v) is 1.80. The molecular weight excluding hydrogens is 172 g/mol. The molecule has 5 heteroatoms. The van der Waals surface area contributed by atoms with Crippen LogP contribution >= 0.6 is 0 Å². The first-order chi connectivity index (χ1) is 6.15. The van der Waals surface area contributed by atoms with Gasteiger partial charge in [0.15, 0.2) is 0 Å². The van der Waals surface area contributed by atoms with Crippen molar-refractivity contribution in [3.63, 3.8) is 0 Å². The number of carbonyl (C=O) groups is 1. The molecule has 1 heterocycles. The zero-order valence-corrected chi connectivity index (χ0v) is 7.73. The molecule has 0 bridgehead atoms. The third-order valence-electron chi connectivity index (χ3n) is 2.55. The van der Waals surface area contributed by atoms with Crippen molar-refractivity contribution in [2.45, 2.75) is 25.8 Å². The predicted octanol–water partition coefficient (Wildman–Crippen LogP) is 0.744. The Morgan fingerprint density at radius 3 is 2.92 bits per heavy atom. The topological polar surface area (TPSA) is 72.8 Å². The number of hydrogen-bond acceptors (Lipinski definition) is 3. The summed E-state index contributed by atoms with van der Waals surface area (Å²) in [5.74, 6) is 0.536. The average Bonchev–Trinajstić information content (AvgIpc) is 2.04. The van der Waals surface area contributed by atoms with Crippen LogP contribution in [0.5, 0.6) is 0 Å². The van der Waals surface area contributed by atoms with E-state index in [2.05, 4.69) is 6.92 Å². The van der Waals surface area contributed by atoms with Gasteiger partial charge in [-0.15, -0.1) is 0 Å². The van der Waals surface area contributed by atoms with E-state index in [1.54, 1.807) is 0 Å². The molecule has 0 spiro atoms. The van der Waals surface area contributed by atoms with E-state index < -0.39 is 6.09 Å². The van der Waals surface area contributed by atoms with E-state index in [9.17, 15) is 4.79 Å². The molecule has 5 nitrogen and oxygen atoms in total. The van der Waals surface area contributed by atoms with Crippen molar-refractivity contribution < 1.29 is 15.1 Å². The van der Waals surface area contributed by atoms with Gasteiger partial charge in [0.05, 0.1) is 6.04 Å². The Hall–Kier alpha value is -0.810. The minimum Gasteiger partial charge on any atom is -0.465 e.